The quantitative estimate of drug-likeness (QED) is 0.115. The molecule has 97 heavy (non-hydrogen) atoms. The van der Waals surface area contributed by atoms with Crippen molar-refractivity contribution in [3.63, 3.8) is 0 Å². The summed E-state index contributed by atoms with van der Waals surface area (Å²) in [6.07, 6.45) is 16.3. The van der Waals surface area contributed by atoms with Crippen molar-refractivity contribution in [2.75, 3.05) is 0 Å². The van der Waals surface area contributed by atoms with Gasteiger partial charge in [0.15, 0.2) is 24.8 Å². The van der Waals surface area contributed by atoms with Crippen molar-refractivity contribution in [1.29, 1.82) is 0 Å². The van der Waals surface area contributed by atoms with Crippen molar-refractivity contribution in [3.05, 3.63) is 312 Å². The predicted octanol–water partition coefficient (Wildman–Crippen LogP) is 22.2. The second-order valence-electron chi connectivity index (χ2n) is 27.6. The van der Waals surface area contributed by atoms with Crippen molar-refractivity contribution in [2.24, 2.45) is 33.6 Å². The maximum absolute atomic E-state index is 9.01. The van der Waals surface area contributed by atoms with Gasteiger partial charge >= 0.3 is 0 Å². The van der Waals surface area contributed by atoms with Gasteiger partial charge in [-0.3, -0.25) is 0 Å². The smallest absolute Gasteiger partial charge is 0.201 e. The fourth-order valence-electron chi connectivity index (χ4n) is 13.5. The number of aryl methyl sites for hydroxylation is 9. The summed E-state index contributed by atoms with van der Waals surface area (Å²) in [5.74, 6) is -0.833. The molecule has 12 aromatic rings. The lowest BCUT2D eigenvalue weighted by Crippen LogP contribution is -2.31. The third kappa shape index (κ3) is 17.7. The van der Waals surface area contributed by atoms with E-state index in [0.29, 0.717) is 11.1 Å². The van der Waals surface area contributed by atoms with E-state index in [0.717, 1.165) is 64.9 Å². The van der Waals surface area contributed by atoms with Crippen LogP contribution >= 0.6 is 0 Å². The van der Waals surface area contributed by atoms with Gasteiger partial charge in [-0.15, -0.1) is 0 Å². The van der Waals surface area contributed by atoms with Gasteiger partial charge in [0, 0.05) is 79.9 Å². The SMILES string of the molecule is [2H]C([2H])([2H])c1ccc(-c2cc(-c3ccccc3)ccc2C)[n+](C)c1.[2H]C([2H])(c1cc[n+](C)c(-c2cc(-c3ccccc3)ccc2C)c1)C(C)(C)C.[2H]C1(c2cc[n+](C)c(-c3cc(-c4ccccc4)ccc3C)c2)CCCC1.[2H]C1(c2cc[n+](C)c(-c3cc(-c4ccccc4)ccc3C)c2)CCCCC1. The van der Waals surface area contributed by atoms with E-state index in [1.54, 1.807) is 12.3 Å². The van der Waals surface area contributed by atoms with Gasteiger partial charge in [-0.05, 0) is 198 Å². The van der Waals surface area contributed by atoms with Crippen molar-refractivity contribution < 1.29 is 27.9 Å². The highest BCUT2D eigenvalue weighted by atomic mass is 14.9. The summed E-state index contributed by atoms with van der Waals surface area (Å²) in [5, 5.41) is 0. The van der Waals surface area contributed by atoms with Gasteiger partial charge < -0.3 is 0 Å². The van der Waals surface area contributed by atoms with Crippen LogP contribution in [-0.4, -0.2) is 0 Å². The van der Waals surface area contributed by atoms with Crippen LogP contribution in [-0.2, 0) is 34.6 Å². The topological polar surface area (TPSA) is 15.5 Å². The molecule has 0 unspecified atom stereocenters. The molecular weight excluding hydrogens is 1170 g/mol. The molecule has 4 aromatic heterocycles. The summed E-state index contributed by atoms with van der Waals surface area (Å²) < 4.78 is 66.1. The Bertz CT molecular complexity index is 4930. The average molecular weight is 1280 g/mol. The number of rotatable bonds is 11. The lowest BCUT2D eigenvalue weighted by atomic mass is 9.84. The highest BCUT2D eigenvalue weighted by Gasteiger charge is 2.24. The Balaban J connectivity index is 0.000000139. The molecule has 2 aliphatic carbocycles. The Morgan fingerprint density at radius 1 is 0.351 bits per heavy atom. The molecule has 4 nitrogen and oxygen atoms in total. The molecule has 8 aromatic carbocycles. The van der Waals surface area contributed by atoms with Crippen molar-refractivity contribution in [3.8, 4) is 89.5 Å². The molecule has 14 rings (SSSR count). The molecule has 490 valence electrons. The molecule has 4 heterocycles. The van der Waals surface area contributed by atoms with Gasteiger partial charge in [0.2, 0.25) is 22.8 Å². The minimum absolute atomic E-state index is 0.352. The standard InChI is InChI=1S/C25H28N.C24H26N.C24H28N.C20H20N/c1-19-13-14-22(20-9-5-3-6-10-20)17-24(19)25-18-23(15-16-26(25)2)21-11-7-4-8-12-21;1-18-12-13-21(19-8-4-3-5-9-19)16-23(18)24-17-22(14-15-25(24)2)20-10-6-7-11-20;1-18-11-12-21(20-9-7-6-8-10-20)16-22(18)23-15-19(13-14-25(23)5)17-24(2,3)4;1-15-9-12-20(21(3)14-15)19-13-18(11-10-16(19)2)17-7-5-4-6-8-17/h3,5-6,9-10,13-18,21H,4,7-8,11-12H2,1-2H3;3-5,8-9,12-17,20H,6-7,10-11H2,1-2H3;6-16H,17H2,1-5H3;4-14H,1-3H3/q4*+1/i21D;20D;17D2;1D3. The molecule has 0 atom stereocenters. The number of aromatic nitrogens is 4. The molecule has 0 amide bonds. The van der Waals surface area contributed by atoms with E-state index in [-0.39, 0.29) is 0 Å². The van der Waals surface area contributed by atoms with E-state index >= 15 is 0 Å². The van der Waals surface area contributed by atoms with Crippen LogP contribution in [0.2, 0.25) is 0 Å². The van der Waals surface area contributed by atoms with Gasteiger partial charge in [-0.1, -0.05) is 223 Å². The predicted molar refractivity (Wildman–Crippen MR) is 408 cm³/mol. The highest BCUT2D eigenvalue weighted by molar-refractivity contribution is 5.76. The number of nitrogens with zero attached hydrogens (tertiary/aromatic N) is 4. The second-order valence-corrected chi connectivity index (χ2v) is 27.6. The van der Waals surface area contributed by atoms with Gasteiger partial charge in [-0.25, -0.2) is 18.3 Å². The molecular formula is C93H102N4+4. The molecule has 0 N–H and O–H groups in total. The van der Waals surface area contributed by atoms with Gasteiger partial charge in [0.1, 0.15) is 28.2 Å². The lowest BCUT2D eigenvalue weighted by molar-refractivity contribution is -0.660. The first kappa shape index (κ1) is 59.8. The Morgan fingerprint density at radius 2 is 0.680 bits per heavy atom. The van der Waals surface area contributed by atoms with E-state index in [4.69, 9.17) is 9.60 Å². The van der Waals surface area contributed by atoms with Crippen LogP contribution in [0.5, 0.6) is 0 Å². The normalized spacial score (nSPS) is 15.1. The highest BCUT2D eigenvalue weighted by Crippen LogP contribution is 2.38. The first-order valence-electron chi connectivity index (χ1n) is 38.3. The summed E-state index contributed by atoms with van der Waals surface area (Å²) in [5.41, 5.74) is 26.5. The van der Waals surface area contributed by atoms with Crippen LogP contribution in [0, 0.1) is 40.0 Å². The summed E-state index contributed by atoms with van der Waals surface area (Å²) in [4.78, 5) is 0. The van der Waals surface area contributed by atoms with Gasteiger partial charge in [0.25, 0.3) is 0 Å². The summed E-state index contributed by atoms with van der Waals surface area (Å²) >= 11 is 0. The molecule has 2 aliphatic rings. The minimum atomic E-state index is -2.09. The third-order valence-electron chi connectivity index (χ3n) is 19.1. The Hall–Kier alpha value is -9.64. The molecule has 2 fully saturated rings. The summed E-state index contributed by atoms with van der Waals surface area (Å²) in [7, 11) is 8.10. The monoisotopic (exact) mass is 1280 g/mol. The largest absolute Gasteiger partial charge is 0.212 e. The number of hydrogen-bond donors (Lipinski definition) is 0. The number of hydrogen-bond acceptors (Lipinski definition) is 0. The maximum atomic E-state index is 9.01. The van der Waals surface area contributed by atoms with Crippen molar-refractivity contribution in [1.82, 2.24) is 0 Å². The van der Waals surface area contributed by atoms with Gasteiger partial charge in [0.05, 0.1) is 0 Å². The third-order valence-corrected chi connectivity index (χ3v) is 19.1. The van der Waals surface area contributed by atoms with Crippen LogP contribution in [0.3, 0.4) is 0 Å². The maximum Gasteiger partial charge on any atom is 0.212 e. The zero-order chi connectivity index (χ0) is 74.1. The zero-order valence-electron chi connectivity index (χ0n) is 66.1. The van der Waals surface area contributed by atoms with Crippen LogP contribution in [0.25, 0.3) is 89.5 Å². The number of benzene rings is 8. The van der Waals surface area contributed by atoms with Crippen molar-refractivity contribution >= 4 is 0 Å². The average Bonchev–Trinajstić information content (AvgIpc) is 0.931. The van der Waals surface area contributed by atoms with Crippen LogP contribution in [0.15, 0.2) is 267 Å². The lowest BCUT2D eigenvalue weighted by Gasteiger charge is -2.22. The van der Waals surface area contributed by atoms with E-state index in [9.17, 15) is 0 Å². The first-order chi connectivity index (χ1) is 49.6. The number of pyridine rings is 4. The van der Waals surface area contributed by atoms with Gasteiger partial charge in [-0.2, -0.15) is 0 Å². The van der Waals surface area contributed by atoms with E-state index in [1.807, 2.05) is 100 Å². The first-order valence-corrected chi connectivity index (χ1v) is 34.8. The minimum Gasteiger partial charge on any atom is -0.201 e. The van der Waals surface area contributed by atoms with Crippen LogP contribution in [0.1, 0.15) is 144 Å². The fourth-order valence-corrected chi connectivity index (χ4v) is 13.5. The van der Waals surface area contributed by atoms with E-state index in [1.165, 1.54) is 116 Å². The molecule has 0 aliphatic heterocycles. The molecule has 2 saturated carbocycles. The van der Waals surface area contributed by atoms with E-state index < -0.39 is 30.4 Å². The molecule has 0 radical (unpaired) electrons. The fraction of sp³-hybridized carbons (Fsp3) is 0.269. The van der Waals surface area contributed by atoms with Crippen LogP contribution < -0.4 is 18.3 Å². The molecule has 0 spiro atoms. The molecule has 0 bridgehead atoms. The summed E-state index contributed by atoms with van der Waals surface area (Å²) in [6, 6.07) is 84.2. The Kier molecular flexibility index (Phi) is 19.7. The Morgan fingerprint density at radius 3 is 1.02 bits per heavy atom. The van der Waals surface area contributed by atoms with Crippen molar-refractivity contribution in [2.45, 2.75) is 131 Å². The zero-order valence-corrected chi connectivity index (χ0v) is 59.1. The Labute approximate surface area is 591 Å². The van der Waals surface area contributed by atoms with Crippen LogP contribution in [0.4, 0.5) is 0 Å². The van der Waals surface area contributed by atoms with E-state index in [2.05, 4.69) is 250 Å². The molecule has 0 saturated heterocycles. The molecule has 4 heteroatoms. The second kappa shape index (κ2) is 31.9. The summed E-state index contributed by atoms with van der Waals surface area (Å²) in [6.45, 7) is 12.3.